The number of alkyl halides is 1. The number of hydrogen-bond donors (Lipinski definition) is 0. The van der Waals surface area contributed by atoms with Crippen molar-refractivity contribution in [2.75, 3.05) is 13.7 Å². The third-order valence-corrected chi connectivity index (χ3v) is 1.94. The largest absolute Gasteiger partial charge is 0.385 e. The molecule has 1 aliphatic carbocycles. The van der Waals surface area contributed by atoms with Crippen molar-refractivity contribution in [1.82, 2.24) is 0 Å². The SMILES string of the molecule is COCCCC1=CCC(F)C=C1. The third kappa shape index (κ3) is 3.18. The highest BCUT2D eigenvalue weighted by atomic mass is 19.1. The molecule has 68 valence electrons. The first kappa shape index (κ1) is 9.46. The summed E-state index contributed by atoms with van der Waals surface area (Å²) in [7, 11) is 1.70. The van der Waals surface area contributed by atoms with Crippen LogP contribution in [0.1, 0.15) is 19.3 Å². The fourth-order valence-electron chi connectivity index (χ4n) is 1.24. The Labute approximate surface area is 72.9 Å². The van der Waals surface area contributed by atoms with E-state index in [0.717, 1.165) is 19.4 Å². The summed E-state index contributed by atoms with van der Waals surface area (Å²) in [6.45, 7) is 0.782. The van der Waals surface area contributed by atoms with Crippen molar-refractivity contribution >= 4 is 0 Å². The molecule has 0 aromatic rings. The van der Waals surface area contributed by atoms with Crippen LogP contribution in [0, 0.1) is 0 Å². The molecule has 0 saturated heterocycles. The van der Waals surface area contributed by atoms with E-state index in [1.807, 2.05) is 12.2 Å². The van der Waals surface area contributed by atoms with Gasteiger partial charge in [-0.3, -0.25) is 0 Å². The quantitative estimate of drug-likeness (QED) is 0.589. The van der Waals surface area contributed by atoms with Gasteiger partial charge in [-0.2, -0.15) is 0 Å². The molecular weight excluding hydrogens is 155 g/mol. The van der Waals surface area contributed by atoms with Gasteiger partial charge >= 0.3 is 0 Å². The zero-order valence-corrected chi connectivity index (χ0v) is 7.42. The van der Waals surface area contributed by atoms with Crippen LogP contribution in [-0.2, 0) is 4.74 Å². The molecule has 2 heteroatoms. The van der Waals surface area contributed by atoms with E-state index >= 15 is 0 Å². The van der Waals surface area contributed by atoms with Crippen LogP contribution in [0.4, 0.5) is 4.39 Å². The monoisotopic (exact) mass is 170 g/mol. The van der Waals surface area contributed by atoms with Gasteiger partial charge in [-0.1, -0.05) is 23.8 Å². The highest BCUT2D eigenvalue weighted by molar-refractivity contribution is 5.24. The maximum Gasteiger partial charge on any atom is 0.122 e. The molecule has 1 atom stereocenters. The van der Waals surface area contributed by atoms with Crippen molar-refractivity contribution in [2.45, 2.75) is 25.4 Å². The molecule has 0 bridgehead atoms. The minimum atomic E-state index is -0.767. The number of ether oxygens (including phenoxy) is 1. The van der Waals surface area contributed by atoms with Crippen LogP contribution in [0.3, 0.4) is 0 Å². The van der Waals surface area contributed by atoms with E-state index in [0.29, 0.717) is 6.42 Å². The lowest BCUT2D eigenvalue weighted by Crippen LogP contribution is -1.99. The van der Waals surface area contributed by atoms with E-state index in [4.69, 9.17) is 4.74 Å². The van der Waals surface area contributed by atoms with Crippen LogP contribution in [0.2, 0.25) is 0 Å². The van der Waals surface area contributed by atoms with Crippen molar-refractivity contribution < 1.29 is 9.13 Å². The Hall–Kier alpha value is -0.630. The molecule has 0 N–H and O–H groups in total. The summed E-state index contributed by atoms with van der Waals surface area (Å²) in [6, 6.07) is 0. The summed E-state index contributed by atoms with van der Waals surface area (Å²) in [5, 5.41) is 0. The number of allylic oxidation sites excluding steroid dienone is 4. The van der Waals surface area contributed by atoms with Crippen LogP contribution in [0.25, 0.3) is 0 Å². The Morgan fingerprint density at radius 1 is 1.67 bits per heavy atom. The molecule has 0 heterocycles. The molecular formula is C10H15FO. The van der Waals surface area contributed by atoms with Crippen LogP contribution >= 0.6 is 0 Å². The van der Waals surface area contributed by atoms with Crippen molar-refractivity contribution in [1.29, 1.82) is 0 Å². The molecule has 0 spiro atoms. The lowest BCUT2D eigenvalue weighted by atomic mass is 10.0. The van der Waals surface area contributed by atoms with Gasteiger partial charge in [0.05, 0.1) is 0 Å². The first-order chi connectivity index (χ1) is 5.83. The van der Waals surface area contributed by atoms with Gasteiger partial charge in [-0.05, 0) is 12.8 Å². The summed E-state index contributed by atoms with van der Waals surface area (Å²) < 4.78 is 17.5. The Balaban J connectivity index is 2.21. The van der Waals surface area contributed by atoms with Gasteiger partial charge < -0.3 is 4.74 Å². The first-order valence-corrected chi connectivity index (χ1v) is 4.33. The van der Waals surface area contributed by atoms with Crippen molar-refractivity contribution in [2.24, 2.45) is 0 Å². The van der Waals surface area contributed by atoms with E-state index in [9.17, 15) is 4.39 Å². The summed E-state index contributed by atoms with van der Waals surface area (Å²) >= 11 is 0. The smallest absolute Gasteiger partial charge is 0.122 e. The first-order valence-electron chi connectivity index (χ1n) is 4.33. The summed E-state index contributed by atoms with van der Waals surface area (Å²) in [4.78, 5) is 0. The predicted molar refractivity (Wildman–Crippen MR) is 47.8 cm³/mol. The molecule has 0 aromatic carbocycles. The van der Waals surface area contributed by atoms with Crippen LogP contribution in [0.15, 0.2) is 23.8 Å². The minimum absolute atomic E-state index is 0.540. The topological polar surface area (TPSA) is 9.23 Å². The number of halogens is 1. The maximum atomic E-state index is 12.6. The number of rotatable bonds is 4. The van der Waals surface area contributed by atoms with E-state index < -0.39 is 6.17 Å². The average Bonchev–Trinajstić information content (AvgIpc) is 2.09. The van der Waals surface area contributed by atoms with Crippen molar-refractivity contribution in [3.05, 3.63) is 23.8 Å². The lowest BCUT2D eigenvalue weighted by Gasteiger charge is -2.08. The van der Waals surface area contributed by atoms with E-state index in [1.54, 1.807) is 13.2 Å². The van der Waals surface area contributed by atoms with Gasteiger partial charge in [0.1, 0.15) is 6.17 Å². The number of hydrogen-bond acceptors (Lipinski definition) is 1. The van der Waals surface area contributed by atoms with Crippen LogP contribution in [-0.4, -0.2) is 19.9 Å². The summed E-state index contributed by atoms with van der Waals surface area (Å²) in [5.74, 6) is 0. The van der Waals surface area contributed by atoms with E-state index in [2.05, 4.69) is 0 Å². The average molecular weight is 170 g/mol. The van der Waals surface area contributed by atoms with Crippen molar-refractivity contribution in [3.63, 3.8) is 0 Å². The molecule has 0 radical (unpaired) electrons. The highest BCUT2D eigenvalue weighted by Crippen LogP contribution is 2.16. The third-order valence-electron chi connectivity index (χ3n) is 1.94. The normalized spacial score (nSPS) is 22.5. The van der Waals surface area contributed by atoms with E-state index in [-0.39, 0.29) is 0 Å². The van der Waals surface area contributed by atoms with Crippen LogP contribution < -0.4 is 0 Å². The second-order valence-corrected chi connectivity index (χ2v) is 2.99. The molecule has 0 amide bonds. The molecule has 0 aliphatic heterocycles. The molecule has 12 heavy (non-hydrogen) atoms. The van der Waals surface area contributed by atoms with Crippen LogP contribution in [0.5, 0.6) is 0 Å². The Morgan fingerprint density at radius 2 is 2.50 bits per heavy atom. The Kier molecular flexibility index (Phi) is 4.01. The second kappa shape index (κ2) is 5.09. The summed E-state index contributed by atoms with van der Waals surface area (Å²) in [6.07, 6.45) is 7.27. The van der Waals surface area contributed by atoms with Crippen molar-refractivity contribution in [3.8, 4) is 0 Å². The summed E-state index contributed by atoms with van der Waals surface area (Å²) in [5.41, 5.74) is 1.24. The highest BCUT2D eigenvalue weighted by Gasteiger charge is 2.05. The van der Waals surface area contributed by atoms with E-state index in [1.165, 1.54) is 5.57 Å². The second-order valence-electron chi connectivity index (χ2n) is 2.99. The van der Waals surface area contributed by atoms with Gasteiger partial charge in [-0.15, -0.1) is 0 Å². The molecule has 0 saturated carbocycles. The molecule has 1 rings (SSSR count). The Bertz CT molecular complexity index is 184. The fourth-order valence-corrected chi connectivity index (χ4v) is 1.24. The zero-order valence-electron chi connectivity index (χ0n) is 7.42. The zero-order chi connectivity index (χ0) is 8.81. The minimum Gasteiger partial charge on any atom is -0.385 e. The van der Waals surface area contributed by atoms with Gasteiger partial charge in [-0.25, -0.2) is 4.39 Å². The van der Waals surface area contributed by atoms with Gasteiger partial charge in [0, 0.05) is 20.1 Å². The molecule has 0 fully saturated rings. The maximum absolute atomic E-state index is 12.6. The molecule has 1 aliphatic rings. The molecule has 0 aromatic heterocycles. The molecule has 1 unspecified atom stereocenters. The lowest BCUT2D eigenvalue weighted by molar-refractivity contribution is 0.195. The van der Waals surface area contributed by atoms with Gasteiger partial charge in [0.15, 0.2) is 0 Å². The fraction of sp³-hybridized carbons (Fsp3) is 0.600. The predicted octanol–water partition coefficient (Wildman–Crippen LogP) is 2.64. The standard InChI is InChI=1S/C10H15FO/c1-12-8-2-3-9-4-6-10(11)7-5-9/h4-6,10H,2-3,7-8H2,1H3. The Morgan fingerprint density at radius 3 is 3.08 bits per heavy atom. The van der Waals surface area contributed by atoms with Gasteiger partial charge in [0.2, 0.25) is 0 Å². The number of methoxy groups -OCH3 is 1. The molecule has 1 nitrogen and oxygen atoms in total. The van der Waals surface area contributed by atoms with Gasteiger partial charge in [0.25, 0.3) is 0 Å².